The highest BCUT2D eigenvalue weighted by molar-refractivity contribution is 7.56. The van der Waals surface area contributed by atoms with Gasteiger partial charge in [0.25, 0.3) is 0 Å². The molecule has 0 radical (unpaired) electrons. The molecule has 0 saturated heterocycles. The van der Waals surface area contributed by atoms with Crippen molar-refractivity contribution >= 4 is 7.60 Å². The largest absolute Gasteiger partial charge is 0.407 e. The maximum atomic E-state index is 11.9. The Morgan fingerprint density at radius 2 is 1.25 bits per heavy atom. The molecule has 6 heteroatoms. The smallest absolute Gasteiger partial charge is 0.250 e. The zero-order valence-corrected chi connectivity index (χ0v) is 11.7. The summed E-state index contributed by atoms with van der Waals surface area (Å²) in [5.74, 6) is 1.03. The van der Waals surface area contributed by atoms with E-state index in [9.17, 15) is 4.57 Å². The lowest BCUT2D eigenvalue weighted by molar-refractivity contribution is -0.324. The van der Waals surface area contributed by atoms with Crippen LogP contribution in [0.3, 0.4) is 0 Å². The maximum Gasteiger partial charge on any atom is 0.407 e. The molecule has 0 rings (SSSR count). The molecule has 0 unspecified atom stereocenters. The fourth-order valence-electron chi connectivity index (χ4n) is 0.401. The van der Waals surface area contributed by atoms with Crippen molar-refractivity contribution in [3.63, 3.8) is 0 Å². The fourth-order valence-corrected chi connectivity index (χ4v) is 1.20. The highest BCUT2D eigenvalue weighted by Crippen LogP contribution is 2.51. The van der Waals surface area contributed by atoms with Crippen LogP contribution in [-0.4, -0.2) is 11.2 Å². The van der Waals surface area contributed by atoms with Crippen molar-refractivity contribution in [2.45, 2.75) is 52.7 Å². The average Bonchev–Trinajstić information content (AvgIpc) is 2.09. The van der Waals surface area contributed by atoms with E-state index in [1.165, 1.54) is 0 Å². The lowest BCUT2D eigenvalue weighted by Crippen LogP contribution is -2.21. The summed E-state index contributed by atoms with van der Waals surface area (Å²) in [5.41, 5.74) is -1.19. The van der Waals surface area contributed by atoms with Crippen LogP contribution < -0.4 is 0 Å². The quantitative estimate of drug-likeness (QED) is 0.423. The van der Waals surface area contributed by atoms with Gasteiger partial charge in [0, 0.05) is 5.82 Å². The molecule has 0 aliphatic carbocycles. The summed E-state index contributed by atoms with van der Waals surface area (Å²) in [7, 11) is -3.57. The molecule has 0 aliphatic rings. The first kappa shape index (κ1) is 15.8. The second-order valence-electron chi connectivity index (χ2n) is 5.26. The van der Waals surface area contributed by atoms with Gasteiger partial charge in [-0.25, -0.2) is 9.78 Å². The SMILES string of the molecule is C=CP(=O)(OOC(C)(C)C)OOC(C)(C)C. The predicted molar refractivity (Wildman–Crippen MR) is 61.6 cm³/mol. The second kappa shape index (κ2) is 5.43. The Bertz CT molecular complexity index is 252. The molecular formula is C10H21O5P. The minimum Gasteiger partial charge on any atom is -0.250 e. The van der Waals surface area contributed by atoms with Crippen LogP contribution in [-0.2, 0) is 23.7 Å². The summed E-state index contributed by atoms with van der Waals surface area (Å²) in [4.78, 5) is 9.82. The zero-order valence-electron chi connectivity index (χ0n) is 10.8. The van der Waals surface area contributed by atoms with E-state index < -0.39 is 18.8 Å². The number of rotatable bonds is 5. The van der Waals surface area contributed by atoms with E-state index in [2.05, 4.69) is 6.58 Å². The zero-order chi connectivity index (χ0) is 13.0. The highest BCUT2D eigenvalue weighted by atomic mass is 31.2. The van der Waals surface area contributed by atoms with Crippen LogP contribution in [0.15, 0.2) is 12.4 Å². The van der Waals surface area contributed by atoms with Crippen molar-refractivity contribution < 1.29 is 23.7 Å². The summed E-state index contributed by atoms with van der Waals surface area (Å²) in [6.07, 6.45) is 0. The van der Waals surface area contributed by atoms with Gasteiger partial charge in [-0.15, -0.1) is 9.35 Å². The van der Waals surface area contributed by atoms with Crippen LogP contribution >= 0.6 is 7.60 Å². The summed E-state index contributed by atoms with van der Waals surface area (Å²) >= 11 is 0. The van der Waals surface area contributed by atoms with E-state index >= 15 is 0 Å². The van der Waals surface area contributed by atoms with Crippen LogP contribution in [0.5, 0.6) is 0 Å². The van der Waals surface area contributed by atoms with Gasteiger partial charge in [-0.1, -0.05) is 6.58 Å². The molecule has 0 aromatic heterocycles. The average molecular weight is 252 g/mol. The lowest BCUT2D eigenvalue weighted by atomic mass is 10.2. The fraction of sp³-hybridized carbons (Fsp3) is 0.800. The van der Waals surface area contributed by atoms with Gasteiger partial charge in [-0.05, 0) is 41.5 Å². The van der Waals surface area contributed by atoms with E-state index in [-0.39, 0.29) is 0 Å². The van der Waals surface area contributed by atoms with Gasteiger partial charge in [-0.2, -0.15) is 0 Å². The van der Waals surface area contributed by atoms with Crippen LogP contribution in [0, 0.1) is 0 Å². The Labute approximate surface area is 97.1 Å². The molecule has 96 valence electrons. The molecule has 0 aliphatic heterocycles. The first-order valence-corrected chi connectivity index (χ1v) is 6.57. The van der Waals surface area contributed by atoms with Crippen molar-refractivity contribution in [2.24, 2.45) is 0 Å². The summed E-state index contributed by atoms with van der Waals surface area (Å²) in [6.45, 7) is 13.9. The Hall–Kier alpha value is -0.190. The monoisotopic (exact) mass is 252 g/mol. The van der Waals surface area contributed by atoms with Crippen molar-refractivity contribution in [3.05, 3.63) is 12.4 Å². The normalized spacial score (nSPS) is 13.9. The van der Waals surface area contributed by atoms with Crippen molar-refractivity contribution in [2.75, 3.05) is 0 Å². The molecular weight excluding hydrogens is 231 g/mol. The highest BCUT2D eigenvalue weighted by Gasteiger charge is 2.29. The summed E-state index contributed by atoms with van der Waals surface area (Å²) < 4.78 is 21.3. The summed E-state index contributed by atoms with van der Waals surface area (Å²) in [6, 6.07) is 0. The van der Waals surface area contributed by atoms with E-state index in [1.807, 2.05) is 0 Å². The molecule has 0 amide bonds. The van der Waals surface area contributed by atoms with Crippen molar-refractivity contribution in [1.29, 1.82) is 0 Å². The van der Waals surface area contributed by atoms with Gasteiger partial charge >= 0.3 is 7.60 Å². The standard InChI is InChI=1S/C10H21O5P/c1-8-16(11,14-12-9(2,3)4)15-13-10(5,6)7/h8H,1H2,2-7H3. The molecule has 5 nitrogen and oxygen atoms in total. The van der Waals surface area contributed by atoms with Gasteiger partial charge in [-0.3, -0.25) is 4.57 Å². The third-order valence-corrected chi connectivity index (χ3v) is 2.02. The van der Waals surface area contributed by atoms with Gasteiger partial charge in [0.15, 0.2) is 0 Å². The third kappa shape index (κ3) is 8.02. The van der Waals surface area contributed by atoms with Crippen molar-refractivity contribution in [3.8, 4) is 0 Å². The maximum absolute atomic E-state index is 11.9. The third-order valence-electron chi connectivity index (χ3n) is 1.01. The van der Waals surface area contributed by atoms with Crippen LogP contribution in [0.25, 0.3) is 0 Å². The Morgan fingerprint density at radius 3 is 1.44 bits per heavy atom. The number of hydrogen-bond donors (Lipinski definition) is 0. The Kier molecular flexibility index (Phi) is 5.36. The molecule has 0 bridgehead atoms. The molecule has 0 N–H and O–H groups in total. The second-order valence-corrected chi connectivity index (χ2v) is 7.01. The molecule has 0 heterocycles. The molecule has 0 fully saturated rings. The molecule has 0 spiro atoms. The molecule has 0 saturated carbocycles. The lowest BCUT2D eigenvalue weighted by Gasteiger charge is -2.23. The predicted octanol–water partition coefficient (Wildman–Crippen LogP) is 3.82. The van der Waals surface area contributed by atoms with Gasteiger partial charge in [0.1, 0.15) is 0 Å². The Morgan fingerprint density at radius 1 is 0.938 bits per heavy atom. The first-order valence-electron chi connectivity index (χ1n) is 4.96. The minimum absolute atomic E-state index is 0.593. The summed E-state index contributed by atoms with van der Waals surface area (Å²) in [5, 5.41) is 0. The van der Waals surface area contributed by atoms with Crippen molar-refractivity contribution in [1.82, 2.24) is 0 Å². The Balaban J connectivity index is 4.33. The van der Waals surface area contributed by atoms with Gasteiger partial charge in [0.05, 0.1) is 11.2 Å². The van der Waals surface area contributed by atoms with E-state index in [0.717, 1.165) is 5.82 Å². The van der Waals surface area contributed by atoms with Gasteiger partial charge < -0.3 is 0 Å². The van der Waals surface area contributed by atoms with Gasteiger partial charge in [0.2, 0.25) is 0 Å². The topological polar surface area (TPSA) is 54.0 Å². The van der Waals surface area contributed by atoms with E-state index in [0.29, 0.717) is 0 Å². The molecule has 0 aromatic rings. The van der Waals surface area contributed by atoms with Crippen LogP contribution in [0.4, 0.5) is 0 Å². The molecule has 16 heavy (non-hydrogen) atoms. The minimum atomic E-state index is -3.57. The van der Waals surface area contributed by atoms with E-state index in [4.69, 9.17) is 19.1 Å². The van der Waals surface area contributed by atoms with Crippen LogP contribution in [0.2, 0.25) is 0 Å². The van der Waals surface area contributed by atoms with E-state index in [1.54, 1.807) is 41.5 Å². The van der Waals surface area contributed by atoms with Crippen LogP contribution in [0.1, 0.15) is 41.5 Å². The molecule has 0 atom stereocenters. The molecule has 0 aromatic carbocycles. The number of hydrogen-bond acceptors (Lipinski definition) is 5. The first-order chi connectivity index (χ1) is 6.97.